The number of carbonyl (C=O) groups is 1. The number of anilines is 2. The van der Waals surface area contributed by atoms with Crippen molar-refractivity contribution in [3.63, 3.8) is 0 Å². The van der Waals surface area contributed by atoms with Crippen molar-refractivity contribution in [3.8, 4) is 45.0 Å². The van der Waals surface area contributed by atoms with Crippen LogP contribution in [0.5, 0.6) is 11.5 Å². The van der Waals surface area contributed by atoms with E-state index in [1.54, 1.807) is 37.8 Å². The van der Waals surface area contributed by atoms with Gasteiger partial charge in [-0.2, -0.15) is 0 Å². The summed E-state index contributed by atoms with van der Waals surface area (Å²) in [5, 5.41) is 2.88. The zero-order valence-electron chi connectivity index (χ0n) is 29.9. The van der Waals surface area contributed by atoms with Gasteiger partial charge in [-0.15, -0.1) is 0 Å². The number of pyridine rings is 3. The van der Waals surface area contributed by atoms with E-state index in [1.807, 2.05) is 66.2 Å². The highest BCUT2D eigenvalue weighted by Gasteiger charge is 2.21. The average Bonchev–Trinajstić information content (AvgIpc) is 3.19. The van der Waals surface area contributed by atoms with Crippen molar-refractivity contribution in [2.24, 2.45) is 5.92 Å². The summed E-state index contributed by atoms with van der Waals surface area (Å²) in [5.41, 5.74) is 11.6. The maximum Gasteiger partial charge on any atom is 0.261 e. The standard InChI is InChI=1S/C41H43N5O7/c1-26-3-5-28(6-4-26)34-22-46(21-27-11-13-50-14-12-27)23-35(39(34)47)41(48)45-31-8-9-36(43-20-31)33-17-30(19-44-40(33)42)29-7-10-37(38(18-29)49-2)53-25-32-24-51-15-16-52-32/h3-10,17-20,22-23,27,32H,11-16,21,24-25H2,1-2H3,(H2,42,44)(H,45,48)/t32-/m1/s1. The number of nitrogens with zero attached hydrogens (tertiary/aromatic N) is 3. The molecular weight excluding hydrogens is 674 g/mol. The van der Waals surface area contributed by atoms with E-state index < -0.39 is 5.91 Å². The molecule has 5 heterocycles. The second kappa shape index (κ2) is 16.4. The molecule has 0 unspecified atom stereocenters. The van der Waals surface area contributed by atoms with Crippen molar-refractivity contribution in [2.75, 3.05) is 57.8 Å². The number of nitrogens with one attached hydrogen (secondary N) is 1. The first kappa shape index (κ1) is 35.8. The Hall–Kier alpha value is -5.56. The largest absolute Gasteiger partial charge is 0.493 e. The molecule has 0 aliphatic carbocycles. The number of benzene rings is 2. The van der Waals surface area contributed by atoms with Crippen LogP contribution < -0.4 is 26.0 Å². The lowest BCUT2D eigenvalue weighted by atomic mass is 9.99. The quantitative estimate of drug-likeness (QED) is 0.166. The second-order valence-electron chi connectivity index (χ2n) is 13.3. The second-order valence-corrected chi connectivity index (χ2v) is 13.3. The molecule has 1 atom stereocenters. The molecule has 53 heavy (non-hydrogen) atoms. The third kappa shape index (κ3) is 8.57. The average molecular weight is 718 g/mol. The molecule has 3 aromatic heterocycles. The number of methoxy groups -OCH3 is 1. The summed E-state index contributed by atoms with van der Waals surface area (Å²) in [7, 11) is 1.59. The molecule has 2 aromatic carbocycles. The number of aryl methyl sites for hydroxylation is 1. The highest BCUT2D eigenvalue weighted by atomic mass is 16.6. The molecule has 2 saturated heterocycles. The first-order valence-electron chi connectivity index (χ1n) is 17.8. The van der Waals surface area contributed by atoms with Crippen molar-refractivity contribution in [3.05, 3.63) is 107 Å². The summed E-state index contributed by atoms with van der Waals surface area (Å²) in [6.45, 7) is 6.08. The molecule has 2 aliphatic heterocycles. The van der Waals surface area contributed by atoms with Gasteiger partial charge in [-0.1, -0.05) is 35.9 Å². The number of nitrogens with two attached hydrogens (primary N) is 1. The van der Waals surface area contributed by atoms with Crippen LogP contribution in [0.3, 0.4) is 0 Å². The van der Waals surface area contributed by atoms with Gasteiger partial charge in [0.2, 0.25) is 5.43 Å². The molecule has 3 N–H and O–H groups in total. The fraction of sp³-hybridized carbons (Fsp3) is 0.317. The minimum Gasteiger partial charge on any atom is -0.493 e. The summed E-state index contributed by atoms with van der Waals surface area (Å²) >= 11 is 0. The van der Waals surface area contributed by atoms with E-state index in [2.05, 4.69) is 15.3 Å². The highest BCUT2D eigenvalue weighted by Crippen LogP contribution is 2.35. The first-order valence-corrected chi connectivity index (χ1v) is 17.8. The van der Waals surface area contributed by atoms with E-state index in [0.29, 0.717) is 91.9 Å². The Morgan fingerprint density at radius 2 is 1.70 bits per heavy atom. The topological polar surface area (TPSA) is 149 Å². The lowest BCUT2D eigenvalue weighted by Gasteiger charge is -2.23. The smallest absolute Gasteiger partial charge is 0.261 e. The van der Waals surface area contributed by atoms with Crippen molar-refractivity contribution in [2.45, 2.75) is 32.4 Å². The summed E-state index contributed by atoms with van der Waals surface area (Å²) < 4.78 is 30.3. The van der Waals surface area contributed by atoms with Gasteiger partial charge in [0, 0.05) is 55.0 Å². The molecule has 2 aliphatic rings. The zero-order chi connectivity index (χ0) is 36.7. The molecule has 0 bridgehead atoms. The molecular formula is C41H43N5O7. The van der Waals surface area contributed by atoms with E-state index in [-0.39, 0.29) is 17.1 Å². The Balaban J connectivity index is 1.09. The Bertz CT molecular complexity index is 2110. The minimum atomic E-state index is -0.511. The van der Waals surface area contributed by atoms with Gasteiger partial charge in [0.1, 0.15) is 24.1 Å². The van der Waals surface area contributed by atoms with Crippen LogP contribution in [0.25, 0.3) is 33.5 Å². The van der Waals surface area contributed by atoms with Crippen molar-refractivity contribution in [1.82, 2.24) is 14.5 Å². The van der Waals surface area contributed by atoms with E-state index in [9.17, 15) is 9.59 Å². The Labute approximate surface area is 307 Å². The van der Waals surface area contributed by atoms with E-state index >= 15 is 0 Å². The van der Waals surface area contributed by atoms with Crippen LogP contribution >= 0.6 is 0 Å². The monoisotopic (exact) mass is 717 g/mol. The molecule has 12 nitrogen and oxygen atoms in total. The van der Waals surface area contributed by atoms with E-state index in [0.717, 1.165) is 35.1 Å². The van der Waals surface area contributed by atoms with Crippen LogP contribution in [0.4, 0.5) is 11.5 Å². The Morgan fingerprint density at radius 1 is 0.887 bits per heavy atom. The van der Waals surface area contributed by atoms with Gasteiger partial charge >= 0.3 is 0 Å². The summed E-state index contributed by atoms with van der Waals surface area (Å²) in [6.07, 6.45) is 8.45. The molecule has 274 valence electrons. The summed E-state index contributed by atoms with van der Waals surface area (Å²) in [4.78, 5) is 36.5. The molecule has 12 heteroatoms. The number of rotatable bonds is 11. The molecule has 0 radical (unpaired) electrons. The number of hydrogen-bond donors (Lipinski definition) is 2. The SMILES string of the molecule is COc1cc(-c2cnc(N)c(-c3ccc(NC(=O)c4cn(CC5CCOCC5)cc(-c5ccc(C)cc5)c4=O)cn3)c2)ccc1OC[C@H]1COCCO1. The number of hydrogen-bond acceptors (Lipinski definition) is 10. The fourth-order valence-electron chi connectivity index (χ4n) is 6.51. The summed E-state index contributed by atoms with van der Waals surface area (Å²) in [5.74, 6) is 1.34. The summed E-state index contributed by atoms with van der Waals surface area (Å²) in [6, 6.07) is 18.8. The number of ether oxygens (including phenoxy) is 5. The van der Waals surface area contributed by atoms with Crippen molar-refractivity contribution < 1.29 is 28.5 Å². The van der Waals surface area contributed by atoms with Crippen LogP contribution in [0.1, 0.15) is 28.8 Å². The van der Waals surface area contributed by atoms with Gasteiger partial charge in [0.25, 0.3) is 5.91 Å². The molecule has 2 fully saturated rings. The number of nitrogen functional groups attached to an aromatic ring is 1. The Morgan fingerprint density at radius 3 is 2.43 bits per heavy atom. The van der Waals surface area contributed by atoms with E-state index in [4.69, 9.17) is 29.4 Å². The van der Waals surface area contributed by atoms with Crippen LogP contribution in [-0.2, 0) is 20.8 Å². The fourth-order valence-corrected chi connectivity index (χ4v) is 6.51. The van der Waals surface area contributed by atoms with Gasteiger partial charge < -0.3 is 39.3 Å². The van der Waals surface area contributed by atoms with Gasteiger partial charge in [0.15, 0.2) is 11.5 Å². The molecule has 5 aromatic rings. The van der Waals surface area contributed by atoms with Gasteiger partial charge in [-0.3, -0.25) is 14.6 Å². The molecule has 7 rings (SSSR count). The molecule has 0 spiro atoms. The maximum atomic E-state index is 13.8. The van der Waals surface area contributed by atoms with Gasteiger partial charge in [0.05, 0.1) is 44.5 Å². The lowest BCUT2D eigenvalue weighted by molar-refractivity contribution is -0.101. The van der Waals surface area contributed by atoms with Crippen LogP contribution in [-0.4, -0.2) is 73.3 Å². The van der Waals surface area contributed by atoms with Gasteiger partial charge in [-0.25, -0.2) is 4.98 Å². The normalized spacial score (nSPS) is 16.2. The number of aromatic nitrogens is 3. The predicted octanol–water partition coefficient (Wildman–Crippen LogP) is 6.01. The van der Waals surface area contributed by atoms with Crippen LogP contribution in [0.2, 0.25) is 0 Å². The third-order valence-electron chi connectivity index (χ3n) is 9.52. The molecule has 0 saturated carbocycles. The van der Waals surface area contributed by atoms with Crippen LogP contribution in [0.15, 0.2) is 90.2 Å². The predicted molar refractivity (Wildman–Crippen MR) is 202 cm³/mol. The first-order chi connectivity index (χ1) is 25.8. The highest BCUT2D eigenvalue weighted by molar-refractivity contribution is 6.04. The van der Waals surface area contributed by atoms with Gasteiger partial charge in [-0.05, 0) is 67.1 Å². The number of carbonyl (C=O) groups excluding carboxylic acids is 1. The lowest BCUT2D eigenvalue weighted by Crippen LogP contribution is -2.33. The van der Waals surface area contributed by atoms with Crippen molar-refractivity contribution in [1.29, 1.82) is 0 Å². The molecule has 1 amide bonds. The Kier molecular flexibility index (Phi) is 11.1. The van der Waals surface area contributed by atoms with E-state index in [1.165, 1.54) is 0 Å². The zero-order valence-corrected chi connectivity index (χ0v) is 29.9. The number of amides is 1. The maximum absolute atomic E-state index is 13.8. The minimum absolute atomic E-state index is 0.0588. The third-order valence-corrected chi connectivity index (χ3v) is 9.52. The van der Waals surface area contributed by atoms with Crippen LogP contribution in [0, 0.1) is 12.8 Å². The van der Waals surface area contributed by atoms with Crippen molar-refractivity contribution >= 4 is 17.4 Å².